The summed E-state index contributed by atoms with van der Waals surface area (Å²) < 4.78 is 3.30. The monoisotopic (exact) mass is 233 g/mol. The number of hydrogen-bond donors (Lipinski definition) is 0. The minimum absolute atomic E-state index is 0.0480. The highest BCUT2D eigenvalue weighted by molar-refractivity contribution is 5.76. The first kappa shape index (κ1) is 9.94. The molecule has 0 bridgehead atoms. The first-order valence-electron chi connectivity index (χ1n) is 5.29. The summed E-state index contributed by atoms with van der Waals surface area (Å²) in [6.07, 6.45) is 6.40. The van der Waals surface area contributed by atoms with Gasteiger partial charge in [-0.3, -0.25) is 4.79 Å². The molecule has 0 radical (unpaired) electrons. The molecule has 0 atom stereocenters. The molecule has 8 nitrogen and oxygen atoms in total. The molecule has 0 unspecified atom stereocenters. The van der Waals surface area contributed by atoms with E-state index in [1.807, 2.05) is 6.20 Å². The average molecular weight is 233 g/mol. The summed E-state index contributed by atoms with van der Waals surface area (Å²) in [6.45, 7) is 1.60. The normalized spacial score (nSPS) is 15.9. The Bertz CT molecular complexity index is 485. The van der Waals surface area contributed by atoms with E-state index >= 15 is 0 Å². The molecule has 1 amide bonds. The van der Waals surface area contributed by atoms with Crippen LogP contribution in [0.3, 0.4) is 0 Å². The highest BCUT2D eigenvalue weighted by Crippen LogP contribution is 2.19. The van der Waals surface area contributed by atoms with Crippen molar-refractivity contribution < 1.29 is 4.79 Å². The topological polar surface area (TPSA) is 81.7 Å². The van der Waals surface area contributed by atoms with Crippen LogP contribution in [0.2, 0.25) is 0 Å². The predicted molar refractivity (Wildman–Crippen MR) is 55.7 cm³/mol. The van der Waals surface area contributed by atoms with Gasteiger partial charge in [-0.1, -0.05) is 5.21 Å². The zero-order valence-corrected chi connectivity index (χ0v) is 9.05. The minimum atomic E-state index is 0.0480. The van der Waals surface area contributed by atoms with Crippen LogP contribution in [-0.4, -0.2) is 53.7 Å². The molecule has 1 aliphatic heterocycles. The van der Waals surface area contributed by atoms with Gasteiger partial charge in [0.25, 0.3) is 0 Å². The Morgan fingerprint density at radius 2 is 2.29 bits per heavy atom. The van der Waals surface area contributed by atoms with E-state index in [9.17, 15) is 4.79 Å². The Morgan fingerprint density at radius 1 is 1.41 bits per heavy atom. The molecule has 2 aromatic heterocycles. The van der Waals surface area contributed by atoms with Crippen LogP contribution in [0.5, 0.6) is 0 Å². The van der Waals surface area contributed by atoms with Crippen molar-refractivity contribution in [3.05, 3.63) is 25.0 Å². The number of carbonyl (C=O) groups is 1. The van der Waals surface area contributed by atoms with Gasteiger partial charge >= 0.3 is 0 Å². The summed E-state index contributed by atoms with van der Waals surface area (Å²) >= 11 is 0. The number of aromatic nitrogens is 6. The summed E-state index contributed by atoms with van der Waals surface area (Å²) in [7, 11) is 0. The smallest absolute Gasteiger partial charge is 0.244 e. The predicted octanol–water partition coefficient (Wildman–Crippen LogP) is -1.05. The van der Waals surface area contributed by atoms with Gasteiger partial charge in [0.2, 0.25) is 5.91 Å². The zero-order valence-electron chi connectivity index (χ0n) is 9.05. The van der Waals surface area contributed by atoms with Crippen LogP contribution in [0, 0.1) is 0 Å². The molecule has 0 saturated carbocycles. The van der Waals surface area contributed by atoms with E-state index in [2.05, 4.69) is 20.4 Å². The van der Waals surface area contributed by atoms with Gasteiger partial charge < -0.3 is 4.90 Å². The average Bonchev–Trinajstić information content (AvgIpc) is 2.87. The third-order valence-corrected chi connectivity index (χ3v) is 2.79. The van der Waals surface area contributed by atoms with Crippen LogP contribution in [0.15, 0.2) is 25.0 Å². The van der Waals surface area contributed by atoms with Crippen molar-refractivity contribution in [1.29, 1.82) is 0 Å². The van der Waals surface area contributed by atoms with Crippen LogP contribution >= 0.6 is 0 Å². The van der Waals surface area contributed by atoms with Crippen LogP contribution in [0.1, 0.15) is 6.04 Å². The summed E-state index contributed by atoms with van der Waals surface area (Å²) in [5.41, 5.74) is 0. The molecule has 17 heavy (non-hydrogen) atoms. The van der Waals surface area contributed by atoms with Gasteiger partial charge in [0, 0.05) is 19.3 Å². The lowest BCUT2D eigenvalue weighted by molar-refractivity contribution is -0.138. The van der Waals surface area contributed by atoms with Crippen LogP contribution < -0.4 is 0 Å². The zero-order chi connectivity index (χ0) is 11.7. The number of likely N-dealkylation sites (tertiary alicyclic amines) is 1. The van der Waals surface area contributed by atoms with Crippen molar-refractivity contribution in [2.45, 2.75) is 12.6 Å². The summed E-state index contributed by atoms with van der Waals surface area (Å²) in [5, 5.41) is 11.5. The molecular formula is C9H11N7O. The molecule has 3 rings (SSSR count). The van der Waals surface area contributed by atoms with Crippen molar-refractivity contribution in [3.63, 3.8) is 0 Å². The number of hydrogen-bond acceptors (Lipinski definition) is 5. The molecule has 1 aliphatic rings. The maximum absolute atomic E-state index is 11.8. The van der Waals surface area contributed by atoms with Crippen LogP contribution in [0.4, 0.5) is 0 Å². The van der Waals surface area contributed by atoms with Gasteiger partial charge in [-0.15, -0.1) is 5.10 Å². The second kappa shape index (κ2) is 3.96. The van der Waals surface area contributed by atoms with Crippen molar-refractivity contribution >= 4 is 5.91 Å². The molecule has 0 aromatic carbocycles. The van der Waals surface area contributed by atoms with E-state index in [0.717, 1.165) is 0 Å². The van der Waals surface area contributed by atoms with Gasteiger partial charge in [0.15, 0.2) is 0 Å². The Kier molecular flexibility index (Phi) is 2.32. The van der Waals surface area contributed by atoms with Crippen molar-refractivity contribution in [2.75, 3.05) is 13.1 Å². The lowest BCUT2D eigenvalue weighted by Crippen LogP contribution is -2.51. The van der Waals surface area contributed by atoms with Crippen molar-refractivity contribution in [3.8, 4) is 0 Å². The van der Waals surface area contributed by atoms with Gasteiger partial charge in [-0.05, 0) is 0 Å². The molecule has 88 valence electrons. The molecule has 0 spiro atoms. The first-order chi connectivity index (χ1) is 8.33. The fourth-order valence-corrected chi connectivity index (χ4v) is 1.79. The summed E-state index contributed by atoms with van der Waals surface area (Å²) in [4.78, 5) is 17.4. The second-order valence-electron chi connectivity index (χ2n) is 3.93. The molecule has 8 heteroatoms. The Hall–Kier alpha value is -2.25. The fraction of sp³-hybridized carbons (Fsp3) is 0.444. The maximum Gasteiger partial charge on any atom is 0.244 e. The van der Waals surface area contributed by atoms with E-state index in [0.29, 0.717) is 13.1 Å². The Morgan fingerprint density at radius 3 is 2.94 bits per heavy atom. The number of rotatable bonds is 3. The fourth-order valence-electron chi connectivity index (χ4n) is 1.79. The minimum Gasteiger partial charge on any atom is -0.337 e. The quantitative estimate of drug-likeness (QED) is 0.676. The van der Waals surface area contributed by atoms with Gasteiger partial charge in [0.05, 0.1) is 12.2 Å². The molecule has 0 N–H and O–H groups in total. The lowest BCUT2D eigenvalue weighted by Gasteiger charge is -2.38. The van der Waals surface area contributed by atoms with E-state index in [1.165, 1.54) is 17.3 Å². The number of nitrogens with zero attached hydrogens (tertiary/aromatic N) is 7. The van der Waals surface area contributed by atoms with Gasteiger partial charge in [-0.2, -0.15) is 5.10 Å². The highest BCUT2D eigenvalue weighted by Gasteiger charge is 2.32. The molecule has 1 fully saturated rings. The first-order valence-corrected chi connectivity index (χ1v) is 5.29. The lowest BCUT2D eigenvalue weighted by atomic mass is 10.1. The van der Waals surface area contributed by atoms with Crippen molar-refractivity contribution in [1.82, 2.24) is 34.7 Å². The van der Waals surface area contributed by atoms with E-state index < -0.39 is 0 Å². The second-order valence-corrected chi connectivity index (χ2v) is 3.93. The molecule has 2 aromatic rings. The largest absolute Gasteiger partial charge is 0.337 e. The standard InChI is InChI=1S/C9H11N7O/c17-9(5-15-7-10-6-12-15)14-3-8(4-14)16-2-1-11-13-16/h1-2,6-8H,3-5H2. The Labute approximate surface area is 96.9 Å². The number of carbonyl (C=O) groups excluding carboxylic acids is 1. The maximum atomic E-state index is 11.8. The molecular weight excluding hydrogens is 222 g/mol. The molecule has 3 heterocycles. The van der Waals surface area contributed by atoms with E-state index in [1.54, 1.807) is 15.8 Å². The SMILES string of the molecule is O=C(Cn1cncn1)N1CC(n2ccnn2)C1. The summed E-state index contributed by atoms with van der Waals surface area (Å²) in [6, 6.07) is 0.247. The number of amides is 1. The Balaban J connectivity index is 1.54. The molecule has 1 saturated heterocycles. The van der Waals surface area contributed by atoms with Crippen LogP contribution in [-0.2, 0) is 11.3 Å². The third kappa shape index (κ3) is 1.88. The van der Waals surface area contributed by atoms with Gasteiger partial charge in [0.1, 0.15) is 19.2 Å². The highest BCUT2D eigenvalue weighted by atomic mass is 16.2. The van der Waals surface area contributed by atoms with Gasteiger partial charge in [-0.25, -0.2) is 14.3 Å². The third-order valence-electron chi connectivity index (χ3n) is 2.79. The molecule has 0 aliphatic carbocycles. The van der Waals surface area contributed by atoms with E-state index in [-0.39, 0.29) is 18.5 Å². The van der Waals surface area contributed by atoms with Crippen molar-refractivity contribution in [2.24, 2.45) is 0 Å². The van der Waals surface area contributed by atoms with E-state index in [4.69, 9.17) is 0 Å². The van der Waals surface area contributed by atoms with Crippen LogP contribution in [0.25, 0.3) is 0 Å². The summed E-state index contributed by atoms with van der Waals surface area (Å²) in [5.74, 6) is 0.0480.